The first kappa shape index (κ1) is 17.8. The quantitative estimate of drug-likeness (QED) is 0.733. The number of tetrazole rings is 1. The number of anilines is 1. The number of thiocarbonyl (C=S) groups is 1. The number of ether oxygens (including phenoxy) is 1. The van der Waals surface area contributed by atoms with E-state index in [1.807, 2.05) is 31.2 Å². The SMILES string of the molecule is CCCn1nnnc1NC(=S)NC(=O)COc1ccc(CC)cc1. The third kappa shape index (κ3) is 5.27. The Kier molecular flexibility index (Phi) is 6.62. The van der Waals surface area contributed by atoms with Crippen molar-refractivity contribution in [2.24, 2.45) is 0 Å². The monoisotopic (exact) mass is 348 g/mol. The van der Waals surface area contributed by atoms with Crippen LogP contribution in [-0.2, 0) is 17.8 Å². The van der Waals surface area contributed by atoms with Crippen molar-refractivity contribution < 1.29 is 9.53 Å². The van der Waals surface area contributed by atoms with Crippen LogP contribution < -0.4 is 15.4 Å². The van der Waals surface area contributed by atoms with E-state index in [0.717, 1.165) is 12.8 Å². The molecule has 1 aromatic carbocycles. The number of nitrogens with zero attached hydrogens (tertiary/aromatic N) is 4. The lowest BCUT2D eigenvalue weighted by Crippen LogP contribution is -2.37. The highest BCUT2D eigenvalue weighted by Crippen LogP contribution is 2.12. The Morgan fingerprint density at radius 2 is 2.04 bits per heavy atom. The van der Waals surface area contributed by atoms with Crippen LogP contribution >= 0.6 is 12.2 Å². The van der Waals surface area contributed by atoms with Gasteiger partial charge in [0.1, 0.15) is 5.75 Å². The third-order valence-corrected chi connectivity index (χ3v) is 3.35. The Morgan fingerprint density at radius 1 is 1.29 bits per heavy atom. The molecule has 2 N–H and O–H groups in total. The van der Waals surface area contributed by atoms with Gasteiger partial charge >= 0.3 is 0 Å². The summed E-state index contributed by atoms with van der Waals surface area (Å²) in [4.78, 5) is 11.9. The minimum absolute atomic E-state index is 0.122. The molecule has 9 heteroatoms. The summed E-state index contributed by atoms with van der Waals surface area (Å²) in [6.07, 6.45) is 1.84. The van der Waals surface area contributed by atoms with Crippen molar-refractivity contribution in [3.05, 3.63) is 29.8 Å². The molecule has 0 bridgehead atoms. The predicted molar refractivity (Wildman–Crippen MR) is 93.8 cm³/mol. The fourth-order valence-corrected chi connectivity index (χ4v) is 2.13. The van der Waals surface area contributed by atoms with Crippen molar-refractivity contribution in [1.29, 1.82) is 0 Å². The van der Waals surface area contributed by atoms with Gasteiger partial charge in [-0.05, 0) is 53.2 Å². The summed E-state index contributed by atoms with van der Waals surface area (Å²) in [5.41, 5.74) is 1.21. The minimum Gasteiger partial charge on any atom is -0.484 e. The number of carbonyl (C=O) groups excluding carboxylic acids is 1. The maximum absolute atomic E-state index is 11.9. The third-order valence-electron chi connectivity index (χ3n) is 3.15. The topological polar surface area (TPSA) is 94.0 Å². The number of rotatable bonds is 7. The molecule has 1 heterocycles. The fraction of sp³-hybridized carbons (Fsp3) is 0.400. The normalized spacial score (nSPS) is 10.2. The highest BCUT2D eigenvalue weighted by Gasteiger charge is 2.10. The molecule has 24 heavy (non-hydrogen) atoms. The van der Waals surface area contributed by atoms with Gasteiger partial charge in [-0.2, -0.15) is 0 Å². The highest BCUT2D eigenvalue weighted by molar-refractivity contribution is 7.80. The van der Waals surface area contributed by atoms with E-state index in [-0.39, 0.29) is 17.6 Å². The van der Waals surface area contributed by atoms with Gasteiger partial charge in [-0.25, -0.2) is 4.68 Å². The molecule has 0 unspecified atom stereocenters. The van der Waals surface area contributed by atoms with E-state index in [1.165, 1.54) is 5.56 Å². The van der Waals surface area contributed by atoms with Crippen molar-refractivity contribution in [3.8, 4) is 5.75 Å². The van der Waals surface area contributed by atoms with Crippen LogP contribution in [0, 0.1) is 0 Å². The van der Waals surface area contributed by atoms with E-state index >= 15 is 0 Å². The lowest BCUT2D eigenvalue weighted by Gasteiger charge is -2.10. The Balaban J connectivity index is 1.78. The summed E-state index contributed by atoms with van der Waals surface area (Å²) >= 11 is 5.08. The van der Waals surface area contributed by atoms with Crippen LogP contribution in [0.1, 0.15) is 25.8 Å². The second kappa shape index (κ2) is 8.92. The maximum Gasteiger partial charge on any atom is 0.264 e. The van der Waals surface area contributed by atoms with Gasteiger partial charge in [0, 0.05) is 6.54 Å². The van der Waals surface area contributed by atoms with Gasteiger partial charge in [-0.1, -0.05) is 31.1 Å². The van der Waals surface area contributed by atoms with Gasteiger partial charge in [-0.15, -0.1) is 0 Å². The fourth-order valence-electron chi connectivity index (χ4n) is 1.92. The molecule has 0 aliphatic heterocycles. The van der Waals surface area contributed by atoms with Gasteiger partial charge in [0.2, 0.25) is 5.95 Å². The molecule has 0 saturated heterocycles. The first-order chi connectivity index (χ1) is 11.6. The molecule has 0 fully saturated rings. The molecule has 0 spiro atoms. The van der Waals surface area contributed by atoms with Crippen LogP contribution in [0.25, 0.3) is 0 Å². The summed E-state index contributed by atoms with van der Waals surface area (Å²) in [5.74, 6) is 0.660. The van der Waals surface area contributed by atoms with E-state index < -0.39 is 0 Å². The zero-order valence-electron chi connectivity index (χ0n) is 13.7. The number of nitrogens with one attached hydrogen (secondary N) is 2. The van der Waals surface area contributed by atoms with E-state index in [2.05, 4.69) is 33.1 Å². The second-order valence-corrected chi connectivity index (χ2v) is 5.42. The van der Waals surface area contributed by atoms with Crippen molar-refractivity contribution in [2.45, 2.75) is 33.2 Å². The number of amides is 1. The largest absolute Gasteiger partial charge is 0.484 e. The molecule has 2 rings (SSSR count). The summed E-state index contributed by atoms with van der Waals surface area (Å²) < 4.78 is 6.99. The van der Waals surface area contributed by atoms with E-state index in [0.29, 0.717) is 18.2 Å². The van der Waals surface area contributed by atoms with Gasteiger partial charge in [0.25, 0.3) is 5.91 Å². The van der Waals surface area contributed by atoms with Crippen molar-refractivity contribution in [3.63, 3.8) is 0 Å². The molecule has 1 aromatic heterocycles. The maximum atomic E-state index is 11.9. The van der Waals surface area contributed by atoms with Gasteiger partial charge in [0.05, 0.1) is 0 Å². The lowest BCUT2D eigenvalue weighted by atomic mass is 10.2. The standard InChI is InChI=1S/C15H20N6O2S/c1-3-9-21-14(18-19-20-21)17-15(24)16-13(22)10-23-12-7-5-11(4-2)6-8-12/h5-8H,3-4,9-10H2,1-2H3,(H2,16,17,18,20,22,24). The van der Waals surface area contributed by atoms with Crippen LogP contribution in [0.4, 0.5) is 5.95 Å². The zero-order valence-corrected chi connectivity index (χ0v) is 14.5. The molecule has 0 aliphatic carbocycles. The molecule has 1 amide bonds. The highest BCUT2D eigenvalue weighted by atomic mass is 32.1. The predicted octanol–water partition coefficient (Wildman–Crippen LogP) is 1.54. The molecule has 0 atom stereocenters. The Labute approximate surface area is 145 Å². The average Bonchev–Trinajstić information content (AvgIpc) is 3.00. The molecular weight excluding hydrogens is 328 g/mol. The van der Waals surface area contributed by atoms with Crippen LogP contribution in [0.15, 0.2) is 24.3 Å². The van der Waals surface area contributed by atoms with E-state index in [1.54, 1.807) is 4.68 Å². The van der Waals surface area contributed by atoms with Crippen LogP contribution in [-0.4, -0.2) is 37.8 Å². The molecule has 8 nitrogen and oxygen atoms in total. The number of hydrogen-bond acceptors (Lipinski definition) is 6. The Morgan fingerprint density at radius 3 is 2.71 bits per heavy atom. The van der Waals surface area contributed by atoms with Gasteiger partial charge < -0.3 is 4.74 Å². The number of carbonyl (C=O) groups is 1. The summed E-state index contributed by atoms with van der Waals surface area (Å²) in [5, 5.41) is 16.6. The molecule has 2 aromatic rings. The molecular formula is C15H20N6O2S. The summed E-state index contributed by atoms with van der Waals surface area (Å²) in [6, 6.07) is 7.60. The first-order valence-electron chi connectivity index (χ1n) is 7.71. The minimum atomic E-state index is -0.360. The first-order valence-corrected chi connectivity index (χ1v) is 8.12. The Bertz CT molecular complexity index is 686. The molecule has 0 radical (unpaired) electrons. The van der Waals surface area contributed by atoms with Crippen LogP contribution in [0.5, 0.6) is 5.75 Å². The van der Waals surface area contributed by atoms with Gasteiger partial charge in [-0.3, -0.25) is 15.4 Å². The van der Waals surface area contributed by atoms with Crippen LogP contribution in [0.3, 0.4) is 0 Å². The average molecular weight is 348 g/mol. The van der Waals surface area contributed by atoms with Crippen LogP contribution in [0.2, 0.25) is 0 Å². The molecule has 128 valence electrons. The lowest BCUT2D eigenvalue weighted by molar-refractivity contribution is -0.121. The number of aryl methyl sites for hydroxylation is 2. The molecule has 0 aliphatic rings. The van der Waals surface area contributed by atoms with E-state index in [4.69, 9.17) is 17.0 Å². The smallest absolute Gasteiger partial charge is 0.264 e. The van der Waals surface area contributed by atoms with Crippen molar-refractivity contribution >= 4 is 29.2 Å². The summed E-state index contributed by atoms with van der Waals surface area (Å²) in [7, 11) is 0. The number of aromatic nitrogens is 4. The van der Waals surface area contributed by atoms with Crippen molar-refractivity contribution in [1.82, 2.24) is 25.5 Å². The second-order valence-electron chi connectivity index (χ2n) is 5.01. The Hall–Kier alpha value is -2.55. The zero-order chi connectivity index (χ0) is 17.4. The van der Waals surface area contributed by atoms with E-state index in [9.17, 15) is 4.79 Å². The summed E-state index contributed by atoms with van der Waals surface area (Å²) in [6.45, 7) is 4.61. The number of benzene rings is 1. The molecule has 0 saturated carbocycles. The van der Waals surface area contributed by atoms with Gasteiger partial charge in [0.15, 0.2) is 11.7 Å². The van der Waals surface area contributed by atoms with Crippen molar-refractivity contribution in [2.75, 3.05) is 11.9 Å². The number of hydrogen-bond donors (Lipinski definition) is 2.